The Hall–Kier alpha value is -1.51. The van der Waals surface area contributed by atoms with E-state index in [0.717, 1.165) is 31.2 Å². The van der Waals surface area contributed by atoms with Crippen molar-refractivity contribution in [2.24, 2.45) is 10.4 Å². The average Bonchev–Trinajstić information content (AvgIpc) is 2.66. The summed E-state index contributed by atoms with van der Waals surface area (Å²) < 4.78 is 5.21. The van der Waals surface area contributed by atoms with Gasteiger partial charge < -0.3 is 20.7 Å². The van der Waals surface area contributed by atoms with Gasteiger partial charge in [0.15, 0.2) is 5.96 Å². The molecule has 0 aliphatic rings. The number of rotatable bonds is 10. The second-order valence-corrected chi connectivity index (χ2v) is 7.33. The van der Waals surface area contributed by atoms with Crippen molar-refractivity contribution < 1.29 is 9.53 Å². The lowest BCUT2D eigenvalue weighted by Gasteiger charge is -2.22. The Kier molecular flexibility index (Phi) is 12.9. The van der Waals surface area contributed by atoms with E-state index >= 15 is 0 Å². The van der Waals surface area contributed by atoms with Crippen molar-refractivity contribution in [2.45, 2.75) is 47.0 Å². The molecule has 1 unspecified atom stereocenters. The van der Waals surface area contributed by atoms with E-state index in [4.69, 9.17) is 4.74 Å². The minimum absolute atomic E-state index is 0. The van der Waals surface area contributed by atoms with Gasteiger partial charge in [0.05, 0.1) is 19.1 Å². The van der Waals surface area contributed by atoms with Crippen molar-refractivity contribution in [2.75, 3.05) is 33.3 Å². The first-order valence-electron chi connectivity index (χ1n) is 9.78. The third-order valence-corrected chi connectivity index (χ3v) is 4.48. The molecule has 0 aliphatic carbocycles. The van der Waals surface area contributed by atoms with Crippen LogP contribution in [-0.4, -0.2) is 45.2 Å². The van der Waals surface area contributed by atoms with Crippen molar-refractivity contribution >= 4 is 35.8 Å². The van der Waals surface area contributed by atoms with Crippen LogP contribution >= 0.6 is 24.0 Å². The number of carbonyl (C=O) groups excluding carboxylic acids is 1. The number of nitrogens with zero attached hydrogens (tertiary/aromatic N) is 1. The highest BCUT2D eigenvalue weighted by atomic mass is 127. The van der Waals surface area contributed by atoms with E-state index in [1.54, 1.807) is 7.11 Å². The molecule has 6 nitrogen and oxygen atoms in total. The summed E-state index contributed by atoms with van der Waals surface area (Å²) in [5.41, 5.74) is 0.756. The molecule has 0 spiro atoms. The standard InChI is InChI=1S/C21H36N4O2.HI/c1-7-22-19(26)21(4,5)15-25-20(23-8-2)24-14-13-16(3)17-9-11-18(27-6)12-10-17;/h9-12,16H,7-8,13-15H2,1-6H3,(H,22,26)(H2,23,24,25);1H. The largest absolute Gasteiger partial charge is 0.497 e. The topological polar surface area (TPSA) is 74.8 Å². The van der Waals surface area contributed by atoms with Gasteiger partial charge in [-0.3, -0.25) is 9.79 Å². The molecule has 0 aromatic heterocycles. The third kappa shape index (κ3) is 9.12. The van der Waals surface area contributed by atoms with Gasteiger partial charge in [0.25, 0.3) is 0 Å². The molecular weight excluding hydrogens is 467 g/mol. The molecule has 1 aromatic carbocycles. The molecule has 0 saturated heterocycles. The molecule has 28 heavy (non-hydrogen) atoms. The van der Waals surface area contributed by atoms with E-state index in [1.165, 1.54) is 5.56 Å². The highest BCUT2D eigenvalue weighted by Crippen LogP contribution is 2.21. The normalized spacial score (nSPS) is 12.6. The number of aliphatic imine (C=N–C) groups is 1. The minimum atomic E-state index is -0.533. The summed E-state index contributed by atoms with van der Waals surface area (Å²) in [7, 11) is 1.68. The monoisotopic (exact) mass is 504 g/mol. The Morgan fingerprint density at radius 1 is 1.11 bits per heavy atom. The number of nitrogens with one attached hydrogen (secondary N) is 3. The van der Waals surface area contributed by atoms with Gasteiger partial charge in [0.1, 0.15) is 5.75 Å². The Morgan fingerprint density at radius 2 is 1.71 bits per heavy atom. The van der Waals surface area contributed by atoms with Gasteiger partial charge in [-0.1, -0.05) is 19.1 Å². The summed E-state index contributed by atoms with van der Waals surface area (Å²) in [6.07, 6.45) is 0.983. The highest BCUT2D eigenvalue weighted by molar-refractivity contribution is 14.0. The van der Waals surface area contributed by atoms with Crippen LogP contribution in [0.3, 0.4) is 0 Å². The van der Waals surface area contributed by atoms with Crippen molar-refractivity contribution in [3.8, 4) is 5.75 Å². The fourth-order valence-electron chi connectivity index (χ4n) is 2.60. The van der Waals surface area contributed by atoms with Crippen molar-refractivity contribution in [1.82, 2.24) is 16.0 Å². The zero-order valence-electron chi connectivity index (χ0n) is 18.1. The molecule has 1 atom stereocenters. The van der Waals surface area contributed by atoms with Crippen LogP contribution in [0.15, 0.2) is 29.3 Å². The summed E-state index contributed by atoms with van der Waals surface area (Å²) in [6.45, 7) is 12.6. The lowest BCUT2D eigenvalue weighted by atomic mass is 9.92. The van der Waals surface area contributed by atoms with E-state index in [2.05, 4.69) is 40.0 Å². The smallest absolute Gasteiger partial charge is 0.227 e. The van der Waals surface area contributed by atoms with Gasteiger partial charge in [-0.25, -0.2) is 0 Å². The number of ether oxygens (including phenoxy) is 1. The first-order valence-corrected chi connectivity index (χ1v) is 9.78. The van der Waals surface area contributed by atoms with E-state index in [1.807, 2.05) is 39.8 Å². The molecule has 0 aliphatic heterocycles. The quantitative estimate of drug-likeness (QED) is 0.259. The van der Waals surface area contributed by atoms with Crippen LogP contribution in [0.1, 0.15) is 52.5 Å². The lowest BCUT2D eigenvalue weighted by Crippen LogP contribution is -2.42. The van der Waals surface area contributed by atoms with E-state index in [9.17, 15) is 4.79 Å². The fraction of sp³-hybridized carbons (Fsp3) is 0.619. The maximum Gasteiger partial charge on any atom is 0.227 e. The van der Waals surface area contributed by atoms with Gasteiger partial charge in [-0.2, -0.15) is 0 Å². The average molecular weight is 504 g/mol. The zero-order chi connectivity index (χ0) is 20.3. The molecule has 1 amide bonds. The maximum atomic E-state index is 12.1. The van der Waals surface area contributed by atoms with E-state index in [-0.39, 0.29) is 29.9 Å². The Morgan fingerprint density at radius 3 is 2.25 bits per heavy atom. The molecule has 0 bridgehead atoms. The molecule has 7 heteroatoms. The first kappa shape index (κ1) is 26.5. The number of methoxy groups -OCH3 is 1. The van der Waals surface area contributed by atoms with Crippen LogP contribution in [0.5, 0.6) is 5.75 Å². The van der Waals surface area contributed by atoms with Crippen molar-refractivity contribution in [1.29, 1.82) is 0 Å². The number of carbonyl (C=O) groups is 1. The SMILES string of the molecule is CCNC(=O)C(C)(C)CN=C(NCC)NCCC(C)c1ccc(OC)cc1.I. The number of amides is 1. The predicted molar refractivity (Wildman–Crippen MR) is 128 cm³/mol. The summed E-state index contributed by atoms with van der Waals surface area (Å²) in [6, 6.07) is 8.21. The molecule has 160 valence electrons. The fourth-order valence-corrected chi connectivity index (χ4v) is 2.60. The highest BCUT2D eigenvalue weighted by Gasteiger charge is 2.26. The minimum Gasteiger partial charge on any atom is -0.497 e. The molecule has 3 N–H and O–H groups in total. The van der Waals surface area contributed by atoms with Crippen LogP contribution in [0.25, 0.3) is 0 Å². The number of benzene rings is 1. The van der Waals surface area contributed by atoms with Crippen molar-refractivity contribution in [3.63, 3.8) is 0 Å². The maximum absolute atomic E-state index is 12.1. The summed E-state index contributed by atoms with van der Waals surface area (Å²) in [4.78, 5) is 16.7. The summed E-state index contributed by atoms with van der Waals surface area (Å²) >= 11 is 0. The van der Waals surface area contributed by atoms with Crippen LogP contribution in [0.2, 0.25) is 0 Å². The summed E-state index contributed by atoms with van der Waals surface area (Å²) in [5, 5.41) is 9.48. The van der Waals surface area contributed by atoms with Crippen LogP contribution in [0.4, 0.5) is 0 Å². The molecule has 0 fully saturated rings. The number of hydrogen-bond donors (Lipinski definition) is 3. The van der Waals surface area contributed by atoms with Crippen LogP contribution in [-0.2, 0) is 4.79 Å². The molecule has 0 radical (unpaired) electrons. The van der Waals surface area contributed by atoms with Crippen molar-refractivity contribution in [3.05, 3.63) is 29.8 Å². The molecule has 1 rings (SSSR count). The Labute approximate surface area is 187 Å². The van der Waals surface area contributed by atoms with E-state index < -0.39 is 5.41 Å². The zero-order valence-corrected chi connectivity index (χ0v) is 20.4. The second-order valence-electron chi connectivity index (χ2n) is 7.33. The Balaban J connectivity index is 0.00000729. The number of hydrogen-bond acceptors (Lipinski definition) is 3. The Bertz CT molecular complexity index is 603. The third-order valence-electron chi connectivity index (χ3n) is 4.48. The lowest BCUT2D eigenvalue weighted by molar-refractivity contribution is -0.128. The second kappa shape index (κ2) is 13.6. The van der Waals surface area contributed by atoms with Gasteiger partial charge >= 0.3 is 0 Å². The van der Waals surface area contributed by atoms with Gasteiger partial charge in [0, 0.05) is 19.6 Å². The summed E-state index contributed by atoms with van der Waals surface area (Å²) in [5.74, 6) is 2.08. The van der Waals surface area contributed by atoms with E-state index in [0.29, 0.717) is 19.0 Å². The van der Waals surface area contributed by atoms with Gasteiger partial charge in [0.2, 0.25) is 5.91 Å². The number of halogens is 1. The predicted octanol–water partition coefficient (Wildman–Crippen LogP) is 3.52. The molecular formula is C21H37IN4O2. The molecule has 0 heterocycles. The molecule has 0 saturated carbocycles. The van der Waals surface area contributed by atoms with Crippen LogP contribution < -0.4 is 20.7 Å². The number of guanidine groups is 1. The van der Waals surface area contributed by atoms with Gasteiger partial charge in [-0.05, 0) is 57.7 Å². The van der Waals surface area contributed by atoms with Crippen LogP contribution in [0, 0.1) is 5.41 Å². The first-order chi connectivity index (χ1) is 12.8. The molecule has 1 aromatic rings. The van der Waals surface area contributed by atoms with Gasteiger partial charge in [-0.15, -0.1) is 24.0 Å².